The van der Waals surface area contributed by atoms with Gasteiger partial charge in [-0.25, -0.2) is 0 Å². The summed E-state index contributed by atoms with van der Waals surface area (Å²) in [4.78, 5) is 28.7. The lowest BCUT2D eigenvalue weighted by atomic mass is 9.99. The molecule has 2 amide bonds. The number of amides is 2. The van der Waals surface area contributed by atoms with Gasteiger partial charge < -0.3 is 15.1 Å². The Balaban J connectivity index is 2.84. The Labute approximate surface area is 122 Å². The third kappa shape index (κ3) is 3.95. The predicted octanol–water partition coefficient (Wildman–Crippen LogP) is 1.23. The number of hydrogen-bond donors (Lipinski definition) is 1. The van der Waals surface area contributed by atoms with Crippen LogP contribution in [0.25, 0.3) is 0 Å². The van der Waals surface area contributed by atoms with Crippen molar-refractivity contribution in [3.63, 3.8) is 0 Å². The highest BCUT2D eigenvalue weighted by Gasteiger charge is 2.41. The molecule has 116 valence electrons. The van der Waals surface area contributed by atoms with Crippen molar-refractivity contribution >= 4 is 11.8 Å². The van der Waals surface area contributed by atoms with Gasteiger partial charge in [-0.15, -0.1) is 0 Å². The lowest BCUT2D eigenvalue weighted by Crippen LogP contribution is -2.65. The fourth-order valence-electron chi connectivity index (χ4n) is 2.76. The maximum Gasteiger partial charge on any atom is 0.246 e. The van der Waals surface area contributed by atoms with E-state index >= 15 is 0 Å². The molecule has 0 spiro atoms. The second kappa shape index (κ2) is 7.62. The summed E-state index contributed by atoms with van der Waals surface area (Å²) in [6.45, 7) is 6.96. The topological polar surface area (TPSA) is 52.7 Å². The van der Waals surface area contributed by atoms with E-state index in [2.05, 4.69) is 10.2 Å². The minimum Gasteiger partial charge on any atom is -0.343 e. The molecule has 1 N–H and O–H groups in total. The van der Waals surface area contributed by atoms with E-state index in [1.165, 1.54) is 0 Å². The van der Waals surface area contributed by atoms with Crippen LogP contribution in [0.5, 0.6) is 0 Å². The average molecular weight is 283 g/mol. The standard InChI is InChI=1S/C15H29N3O2/c1-6-8-12-15(20)18(11(3)9-10-17(4)5)13(7-2)14(19)16-12/h11-13H,6-10H2,1-5H3,(H,16,19). The highest BCUT2D eigenvalue weighted by atomic mass is 16.2. The van der Waals surface area contributed by atoms with Crippen LogP contribution in [0.2, 0.25) is 0 Å². The summed E-state index contributed by atoms with van der Waals surface area (Å²) in [5, 5.41) is 2.88. The minimum atomic E-state index is -0.336. The summed E-state index contributed by atoms with van der Waals surface area (Å²) >= 11 is 0. The molecule has 1 aliphatic heterocycles. The Hall–Kier alpha value is -1.10. The fourth-order valence-corrected chi connectivity index (χ4v) is 2.76. The van der Waals surface area contributed by atoms with Crippen LogP contribution >= 0.6 is 0 Å². The first-order valence-corrected chi connectivity index (χ1v) is 7.69. The molecular weight excluding hydrogens is 254 g/mol. The number of nitrogens with zero attached hydrogens (tertiary/aromatic N) is 2. The lowest BCUT2D eigenvalue weighted by molar-refractivity contribution is -0.152. The van der Waals surface area contributed by atoms with E-state index in [-0.39, 0.29) is 29.9 Å². The molecule has 5 heteroatoms. The van der Waals surface area contributed by atoms with E-state index in [1.54, 1.807) is 0 Å². The molecule has 1 heterocycles. The third-order valence-electron chi connectivity index (χ3n) is 3.94. The van der Waals surface area contributed by atoms with Gasteiger partial charge in [0.1, 0.15) is 12.1 Å². The molecule has 0 bridgehead atoms. The van der Waals surface area contributed by atoms with Crippen LogP contribution in [0.3, 0.4) is 0 Å². The highest BCUT2D eigenvalue weighted by molar-refractivity contribution is 5.97. The van der Waals surface area contributed by atoms with E-state index in [0.717, 1.165) is 25.8 Å². The maximum atomic E-state index is 12.6. The SMILES string of the molecule is CCCC1NC(=O)C(CC)N(C(C)CCN(C)C)C1=O. The molecule has 5 nitrogen and oxygen atoms in total. The number of piperazine rings is 1. The summed E-state index contributed by atoms with van der Waals surface area (Å²) in [5.41, 5.74) is 0. The van der Waals surface area contributed by atoms with Gasteiger partial charge in [0, 0.05) is 6.04 Å². The zero-order valence-electron chi connectivity index (χ0n) is 13.5. The van der Waals surface area contributed by atoms with Crippen LogP contribution in [0.15, 0.2) is 0 Å². The summed E-state index contributed by atoms with van der Waals surface area (Å²) in [6, 6.07) is -0.551. The number of carbonyl (C=O) groups excluding carboxylic acids is 2. The monoisotopic (exact) mass is 283 g/mol. The number of hydrogen-bond acceptors (Lipinski definition) is 3. The van der Waals surface area contributed by atoms with Crippen LogP contribution in [0.1, 0.15) is 46.5 Å². The zero-order valence-corrected chi connectivity index (χ0v) is 13.5. The van der Waals surface area contributed by atoms with Crippen LogP contribution in [0, 0.1) is 0 Å². The van der Waals surface area contributed by atoms with E-state index in [1.807, 2.05) is 39.8 Å². The molecule has 0 aliphatic carbocycles. The lowest BCUT2D eigenvalue weighted by Gasteiger charge is -2.42. The summed E-state index contributed by atoms with van der Waals surface area (Å²) in [5.74, 6) is 0.0896. The van der Waals surface area contributed by atoms with Crippen molar-refractivity contribution in [1.29, 1.82) is 0 Å². The summed E-state index contributed by atoms with van der Waals surface area (Å²) in [7, 11) is 4.04. The molecule has 0 aromatic carbocycles. The number of rotatable bonds is 7. The molecule has 20 heavy (non-hydrogen) atoms. The Bertz CT molecular complexity index is 344. The molecule has 0 aromatic heterocycles. The van der Waals surface area contributed by atoms with E-state index < -0.39 is 0 Å². The van der Waals surface area contributed by atoms with Gasteiger partial charge in [0.15, 0.2) is 0 Å². The van der Waals surface area contributed by atoms with Gasteiger partial charge in [0.25, 0.3) is 0 Å². The van der Waals surface area contributed by atoms with Crippen molar-refractivity contribution < 1.29 is 9.59 Å². The minimum absolute atomic E-state index is 0.00209. The molecule has 1 saturated heterocycles. The molecule has 1 aliphatic rings. The van der Waals surface area contributed by atoms with Crippen molar-refractivity contribution in [3.05, 3.63) is 0 Å². The van der Waals surface area contributed by atoms with Crippen molar-refractivity contribution in [2.45, 2.75) is 64.6 Å². The Kier molecular flexibility index (Phi) is 6.46. The summed E-state index contributed by atoms with van der Waals surface area (Å²) < 4.78 is 0. The van der Waals surface area contributed by atoms with Gasteiger partial charge in [-0.3, -0.25) is 9.59 Å². The Morgan fingerprint density at radius 3 is 2.45 bits per heavy atom. The highest BCUT2D eigenvalue weighted by Crippen LogP contribution is 2.20. The van der Waals surface area contributed by atoms with Crippen LogP contribution < -0.4 is 5.32 Å². The number of nitrogens with one attached hydrogen (secondary N) is 1. The van der Waals surface area contributed by atoms with Crippen LogP contribution in [-0.2, 0) is 9.59 Å². The third-order valence-corrected chi connectivity index (χ3v) is 3.94. The normalized spacial score (nSPS) is 25.0. The second-order valence-electron chi connectivity index (χ2n) is 5.96. The smallest absolute Gasteiger partial charge is 0.246 e. The number of carbonyl (C=O) groups is 2. The van der Waals surface area contributed by atoms with Gasteiger partial charge in [-0.05, 0) is 46.8 Å². The molecule has 0 radical (unpaired) electrons. The van der Waals surface area contributed by atoms with Gasteiger partial charge >= 0.3 is 0 Å². The van der Waals surface area contributed by atoms with Gasteiger partial charge in [-0.1, -0.05) is 20.3 Å². The molecule has 0 saturated carbocycles. The van der Waals surface area contributed by atoms with Crippen LogP contribution in [0.4, 0.5) is 0 Å². The molecule has 3 unspecified atom stereocenters. The van der Waals surface area contributed by atoms with Crippen LogP contribution in [-0.4, -0.2) is 60.4 Å². The Morgan fingerprint density at radius 2 is 1.95 bits per heavy atom. The second-order valence-corrected chi connectivity index (χ2v) is 5.96. The Morgan fingerprint density at radius 1 is 1.30 bits per heavy atom. The maximum absolute atomic E-state index is 12.6. The first-order valence-electron chi connectivity index (χ1n) is 7.69. The molecule has 3 atom stereocenters. The van der Waals surface area contributed by atoms with Gasteiger partial charge in [-0.2, -0.15) is 0 Å². The van der Waals surface area contributed by atoms with Crippen molar-refractivity contribution in [2.75, 3.05) is 20.6 Å². The van der Waals surface area contributed by atoms with Gasteiger partial charge in [0.2, 0.25) is 11.8 Å². The molecular formula is C15H29N3O2. The average Bonchev–Trinajstić information content (AvgIpc) is 2.39. The predicted molar refractivity (Wildman–Crippen MR) is 80.4 cm³/mol. The fraction of sp³-hybridized carbons (Fsp3) is 0.867. The molecule has 0 aromatic rings. The first-order chi connectivity index (χ1) is 9.42. The first kappa shape index (κ1) is 17.0. The largest absolute Gasteiger partial charge is 0.343 e. The van der Waals surface area contributed by atoms with Gasteiger partial charge in [0.05, 0.1) is 0 Å². The van der Waals surface area contributed by atoms with E-state index in [9.17, 15) is 9.59 Å². The zero-order chi connectivity index (χ0) is 15.3. The van der Waals surface area contributed by atoms with Crippen molar-refractivity contribution in [2.24, 2.45) is 0 Å². The van der Waals surface area contributed by atoms with Crippen molar-refractivity contribution in [1.82, 2.24) is 15.1 Å². The van der Waals surface area contributed by atoms with E-state index in [0.29, 0.717) is 6.42 Å². The summed E-state index contributed by atoms with van der Waals surface area (Å²) in [6.07, 6.45) is 3.18. The molecule has 1 rings (SSSR count). The van der Waals surface area contributed by atoms with E-state index in [4.69, 9.17) is 0 Å². The quantitative estimate of drug-likeness (QED) is 0.764. The molecule has 1 fully saturated rings. The van der Waals surface area contributed by atoms with Crippen molar-refractivity contribution in [3.8, 4) is 0 Å².